The van der Waals surface area contributed by atoms with Crippen LogP contribution in [0.15, 0.2) is 224 Å². The molecule has 2 heterocycles. The van der Waals surface area contributed by atoms with Gasteiger partial charge in [-0.25, -0.2) is 8.78 Å². The Balaban J connectivity index is 1.21. The molecular weight excluding hydrogens is 813 g/mol. The maximum atomic E-state index is 15.1. The van der Waals surface area contributed by atoms with Crippen LogP contribution in [0.5, 0.6) is 0 Å². The smallest absolute Gasteiger partial charge is 0.126 e. The van der Waals surface area contributed by atoms with Crippen molar-refractivity contribution < 1.29 is 8.78 Å². The third-order valence-electron chi connectivity index (χ3n) is 12.8. The van der Waals surface area contributed by atoms with Gasteiger partial charge in [-0.3, -0.25) is 0 Å². The summed E-state index contributed by atoms with van der Waals surface area (Å²) in [6.45, 7) is 0. The van der Waals surface area contributed by atoms with Gasteiger partial charge in [0.15, 0.2) is 0 Å². The number of hydrogen-bond donors (Lipinski definition) is 0. The number of benzene rings is 10. The van der Waals surface area contributed by atoms with Crippen molar-refractivity contribution in [3.8, 4) is 73.1 Å². The van der Waals surface area contributed by atoms with Crippen molar-refractivity contribution in [2.24, 2.45) is 0 Å². The zero-order valence-electron chi connectivity index (χ0n) is 35.5. The average molecular weight is 850 g/mol. The first kappa shape index (κ1) is 38.8. The number of hydrogen-bond acceptors (Lipinski definition) is 1. The van der Waals surface area contributed by atoms with E-state index in [9.17, 15) is 5.26 Å². The molecule has 10 aromatic carbocycles. The summed E-state index contributed by atoms with van der Waals surface area (Å²) in [6.07, 6.45) is 0. The predicted molar refractivity (Wildman–Crippen MR) is 267 cm³/mol. The summed E-state index contributed by atoms with van der Waals surface area (Å²) < 4.78 is 34.7. The fraction of sp³-hybridized carbons (Fsp3) is 0. The molecule has 0 amide bonds. The second-order valence-corrected chi connectivity index (χ2v) is 16.7. The highest BCUT2D eigenvalue weighted by molar-refractivity contribution is 6.14. The van der Waals surface area contributed by atoms with Crippen molar-refractivity contribution in [3.05, 3.63) is 242 Å². The molecule has 0 aliphatic carbocycles. The Morgan fingerprint density at radius 3 is 0.939 bits per heavy atom. The highest BCUT2D eigenvalue weighted by Crippen LogP contribution is 2.44. The van der Waals surface area contributed by atoms with E-state index in [0.29, 0.717) is 5.56 Å². The van der Waals surface area contributed by atoms with Gasteiger partial charge in [-0.2, -0.15) is 5.26 Å². The Labute approximate surface area is 379 Å². The maximum absolute atomic E-state index is 15.1. The van der Waals surface area contributed by atoms with Crippen LogP contribution >= 0.6 is 0 Å². The van der Waals surface area contributed by atoms with Crippen LogP contribution in [-0.4, -0.2) is 9.13 Å². The van der Waals surface area contributed by atoms with Crippen LogP contribution in [-0.2, 0) is 0 Å². The van der Waals surface area contributed by atoms with Crippen molar-refractivity contribution in [2.75, 3.05) is 0 Å². The molecule has 3 nitrogen and oxygen atoms in total. The van der Waals surface area contributed by atoms with Crippen LogP contribution in [0.2, 0.25) is 0 Å². The predicted octanol–water partition coefficient (Wildman–Crippen LogP) is 16.4. The van der Waals surface area contributed by atoms with Gasteiger partial charge in [-0.05, 0) is 123 Å². The van der Waals surface area contributed by atoms with Crippen molar-refractivity contribution in [1.82, 2.24) is 9.13 Å². The lowest BCUT2D eigenvalue weighted by Gasteiger charge is -2.20. The minimum atomic E-state index is -0.718. The van der Waals surface area contributed by atoms with Crippen molar-refractivity contribution >= 4 is 43.6 Å². The molecule has 66 heavy (non-hydrogen) atoms. The zero-order chi connectivity index (χ0) is 44.3. The molecule has 0 N–H and O–H groups in total. The third kappa shape index (κ3) is 6.55. The van der Waals surface area contributed by atoms with Gasteiger partial charge < -0.3 is 9.13 Å². The van der Waals surface area contributed by atoms with Gasteiger partial charge in [-0.15, -0.1) is 0 Å². The van der Waals surface area contributed by atoms with E-state index >= 15 is 8.78 Å². The number of fused-ring (bicyclic) bond motifs is 6. The van der Waals surface area contributed by atoms with Gasteiger partial charge >= 0.3 is 0 Å². The van der Waals surface area contributed by atoms with Crippen molar-refractivity contribution in [1.29, 1.82) is 5.26 Å². The Bertz CT molecular complexity index is 3670. The molecule has 5 heteroatoms. The largest absolute Gasteiger partial charge is 0.307 e. The van der Waals surface area contributed by atoms with Gasteiger partial charge in [0.25, 0.3) is 0 Å². The summed E-state index contributed by atoms with van der Waals surface area (Å²) in [4.78, 5) is 0. The van der Waals surface area contributed by atoms with E-state index in [2.05, 4.69) is 161 Å². The lowest BCUT2D eigenvalue weighted by atomic mass is 9.97. The van der Waals surface area contributed by atoms with E-state index in [0.717, 1.165) is 106 Å². The Morgan fingerprint density at radius 2 is 0.621 bits per heavy atom. The van der Waals surface area contributed by atoms with Crippen LogP contribution < -0.4 is 0 Å². The Kier molecular flexibility index (Phi) is 9.25. The monoisotopic (exact) mass is 849 g/mol. The lowest BCUT2D eigenvalue weighted by molar-refractivity contribution is 0.584. The second-order valence-electron chi connectivity index (χ2n) is 16.7. The third-order valence-corrected chi connectivity index (χ3v) is 12.8. The highest BCUT2D eigenvalue weighted by Gasteiger charge is 2.24. The summed E-state index contributed by atoms with van der Waals surface area (Å²) in [5.41, 5.74) is 15.0. The van der Waals surface area contributed by atoms with E-state index in [1.807, 2.05) is 60.7 Å². The van der Waals surface area contributed by atoms with Crippen LogP contribution in [0.1, 0.15) is 5.56 Å². The topological polar surface area (TPSA) is 33.6 Å². The maximum Gasteiger partial charge on any atom is 0.126 e. The first-order valence-electron chi connectivity index (χ1n) is 21.9. The fourth-order valence-corrected chi connectivity index (χ4v) is 9.78. The standard InChI is InChI=1S/C61H37F2N3/c62-49-29-47(30-50(63)36-49)51-37-61(66-58-27-23-45(41-17-9-3-10-18-41)33-54(58)55-34-46(24-28-59(55)66)42-19-11-4-12-20-42)60(35-48(51)38-64)65-56-25-21-43(39-13-5-1-6-14-39)31-52(56)53-32-44(22-26-57(53)65)40-15-7-2-8-16-40/h1-37H. The molecule has 12 rings (SSSR count). The molecule has 0 atom stereocenters. The van der Waals surface area contributed by atoms with Crippen LogP contribution in [0, 0.1) is 23.0 Å². The molecule has 0 saturated carbocycles. The summed E-state index contributed by atoms with van der Waals surface area (Å²) in [5, 5.41) is 15.2. The molecule has 0 saturated heterocycles. The molecule has 0 fully saturated rings. The number of nitriles is 1. The molecule has 0 aliphatic rings. The normalized spacial score (nSPS) is 11.5. The molecular formula is C61H37F2N3. The van der Waals surface area contributed by atoms with Gasteiger partial charge in [-0.1, -0.05) is 146 Å². The van der Waals surface area contributed by atoms with E-state index in [-0.39, 0.29) is 11.1 Å². The Morgan fingerprint density at radius 1 is 0.303 bits per heavy atom. The molecule has 0 unspecified atom stereocenters. The molecule has 310 valence electrons. The minimum absolute atomic E-state index is 0.276. The average Bonchev–Trinajstić information content (AvgIpc) is 3.87. The molecule has 0 aliphatic heterocycles. The SMILES string of the molecule is N#Cc1cc(-n2c3ccc(-c4ccccc4)cc3c3cc(-c4ccccc4)ccc32)c(-n2c3ccc(-c4ccccc4)cc3c3cc(-c4ccccc4)ccc32)cc1-c1cc(F)cc(F)c1. The Hall–Kier alpha value is -8.85. The summed E-state index contributed by atoms with van der Waals surface area (Å²) >= 11 is 0. The molecule has 12 aromatic rings. The van der Waals surface area contributed by atoms with Crippen LogP contribution in [0.3, 0.4) is 0 Å². The number of rotatable bonds is 7. The summed E-state index contributed by atoms with van der Waals surface area (Å²) in [7, 11) is 0. The van der Waals surface area contributed by atoms with Crippen molar-refractivity contribution in [3.63, 3.8) is 0 Å². The van der Waals surface area contributed by atoms with Gasteiger partial charge in [0.1, 0.15) is 11.6 Å². The highest BCUT2D eigenvalue weighted by atomic mass is 19.1. The van der Waals surface area contributed by atoms with E-state index in [1.165, 1.54) is 12.1 Å². The number of aromatic nitrogens is 2. The molecule has 0 spiro atoms. The minimum Gasteiger partial charge on any atom is -0.307 e. The lowest BCUT2D eigenvalue weighted by Crippen LogP contribution is -2.05. The molecule has 0 radical (unpaired) electrons. The van der Waals surface area contributed by atoms with Crippen LogP contribution in [0.4, 0.5) is 8.78 Å². The van der Waals surface area contributed by atoms with Gasteiger partial charge in [0.05, 0.1) is 45.1 Å². The molecule has 2 aromatic heterocycles. The van der Waals surface area contributed by atoms with E-state index < -0.39 is 11.6 Å². The fourth-order valence-electron chi connectivity index (χ4n) is 9.78. The second kappa shape index (κ2) is 15.7. The van der Waals surface area contributed by atoms with Crippen molar-refractivity contribution in [2.45, 2.75) is 0 Å². The van der Waals surface area contributed by atoms with E-state index in [4.69, 9.17) is 0 Å². The van der Waals surface area contributed by atoms with Gasteiger partial charge in [0, 0.05) is 33.2 Å². The van der Waals surface area contributed by atoms with E-state index in [1.54, 1.807) is 0 Å². The molecule has 0 bridgehead atoms. The first-order chi connectivity index (χ1) is 32.5. The zero-order valence-corrected chi connectivity index (χ0v) is 35.5. The number of nitrogens with zero attached hydrogens (tertiary/aromatic N) is 3. The van der Waals surface area contributed by atoms with Crippen LogP contribution in [0.25, 0.3) is 111 Å². The first-order valence-corrected chi connectivity index (χ1v) is 21.9. The summed E-state index contributed by atoms with van der Waals surface area (Å²) in [6, 6.07) is 77.4. The summed E-state index contributed by atoms with van der Waals surface area (Å²) in [5.74, 6) is -1.44. The van der Waals surface area contributed by atoms with Gasteiger partial charge in [0.2, 0.25) is 0 Å². The quantitative estimate of drug-likeness (QED) is 0.157. The number of halogens is 2.